The first kappa shape index (κ1) is 9.91. The number of aryl methyl sites for hydroxylation is 2. The minimum Gasteiger partial charge on any atom is -0.343 e. The van der Waals surface area contributed by atoms with Crippen molar-refractivity contribution >= 4 is 10.9 Å². The van der Waals surface area contributed by atoms with E-state index >= 15 is 0 Å². The van der Waals surface area contributed by atoms with Crippen molar-refractivity contribution in [2.45, 2.75) is 38.8 Å². The van der Waals surface area contributed by atoms with Gasteiger partial charge < -0.3 is 10.3 Å². The van der Waals surface area contributed by atoms with Crippen LogP contribution in [-0.2, 0) is 18.5 Å². The van der Waals surface area contributed by atoms with Crippen molar-refractivity contribution in [1.82, 2.24) is 4.57 Å². The van der Waals surface area contributed by atoms with Crippen LogP contribution in [0.1, 0.15) is 31.5 Å². The summed E-state index contributed by atoms with van der Waals surface area (Å²) in [5.74, 6) is 0. The number of aromatic nitrogens is 1. The monoisotopic (exact) mass is 214 g/mol. The van der Waals surface area contributed by atoms with Crippen molar-refractivity contribution in [1.29, 1.82) is 0 Å². The van der Waals surface area contributed by atoms with Gasteiger partial charge in [-0.3, -0.25) is 0 Å². The van der Waals surface area contributed by atoms with Crippen LogP contribution in [0.3, 0.4) is 0 Å². The number of hydrogen-bond acceptors (Lipinski definition) is 1. The van der Waals surface area contributed by atoms with Gasteiger partial charge in [-0.05, 0) is 38.3 Å². The van der Waals surface area contributed by atoms with E-state index in [-0.39, 0.29) is 5.54 Å². The van der Waals surface area contributed by atoms with Crippen LogP contribution in [0.25, 0.3) is 10.9 Å². The van der Waals surface area contributed by atoms with Crippen molar-refractivity contribution in [2.24, 2.45) is 5.73 Å². The molecular formula is C14H18N2. The third-order valence-corrected chi connectivity index (χ3v) is 3.49. The van der Waals surface area contributed by atoms with Crippen molar-refractivity contribution < 1.29 is 0 Å². The topological polar surface area (TPSA) is 30.9 Å². The number of para-hydroxylation sites is 1. The van der Waals surface area contributed by atoms with Crippen LogP contribution in [0.15, 0.2) is 24.3 Å². The maximum atomic E-state index is 6.25. The minimum atomic E-state index is -0.256. The van der Waals surface area contributed by atoms with E-state index in [1.54, 1.807) is 0 Å². The Balaban J connectivity index is 2.38. The molecule has 0 radical (unpaired) electrons. The van der Waals surface area contributed by atoms with Gasteiger partial charge in [0.15, 0.2) is 0 Å². The smallest absolute Gasteiger partial charge is 0.0515 e. The van der Waals surface area contributed by atoms with E-state index in [1.165, 1.54) is 35.0 Å². The van der Waals surface area contributed by atoms with E-state index in [0.717, 1.165) is 6.54 Å². The molecule has 0 fully saturated rings. The van der Waals surface area contributed by atoms with Gasteiger partial charge >= 0.3 is 0 Å². The highest BCUT2D eigenvalue weighted by atomic mass is 15.0. The lowest BCUT2D eigenvalue weighted by atomic mass is 10.0. The maximum Gasteiger partial charge on any atom is 0.0515 e. The van der Waals surface area contributed by atoms with Gasteiger partial charge in [0, 0.05) is 17.6 Å². The van der Waals surface area contributed by atoms with Gasteiger partial charge in [-0.15, -0.1) is 0 Å². The average molecular weight is 214 g/mol. The molecule has 0 saturated carbocycles. The molecule has 0 unspecified atom stereocenters. The Morgan fingerprint density at radius 1 is 1.31 bits per heavy atom. The molecule has 0 saturated heterocycles. The molecule has 2 nitrogen and oxygen atoms in total. The Hall–Kier alpha value is -1.28. The number of rotatable bonds is 1. The van der Waals surface area contributed by atoms with Crippen LogP contribution >= 0.6 is 0 Å². The van der Waals surface area contributed by atoms with Crippen LogP contribution in [0.5, 0.6) is 0 Å². The van der Waals surface area contributed by atoms with Crippen molar-refractivity contribution in [3.8, 4) is 0 Å². The molecule has 0 amide bonds. The van der Waals surface area contributed by atoms with E-state index in [2.05, 4.69) is 42.7 Å². The number of benzene rings is 1. The zero-order chi connectivity index (χ0) is 11.3. The molecule has 2 N–H and O–H groups in total. The van der Waals surface area contributed by atoms with Crippen LogP contribution in [-0.4, -0.2) is 4.57 Å². The Bertz CT molecular complexity index is 544. The van der Waals surface area contributed by atoms with Gasteiger partial charge in [0.05, 0.1) is 11.1 Å². The normalized spacial score (nSPS) is 15.7. The Labute approximate surface area is 96.1 Å². The summed E-state index contributed by atoms with van der Waals surface area (Å²) in [6, 6.07) is 8.84. The molecule has 0 atom stereocenters. The highest BCUT2D eigenvalue weighted by Gasteiger charge is 2.23. The average Bonchev–Trinajstić information content (AvgIpc) is 2.60. The predicted octanol–water partition coefficient (Wildman–Crippen LogP) is 2.78. The molecule has 0 spiro atoms. The molecule has 1 aliphatic heterocycles. The van der Waals surface area contributed by atoms with Gasteiger partial charge in [0.25, 0.3) is 0 Å². The minimum absolute atomic E-state index is 0.256. The molecular weight excluding hydrogens is 196 g/mol. The maximum absolute atomic E-state index is 6.25. The van der Waals surface area contributed by atoms with Crippen molar-refractivity contribution in [3.63, 3.8) is 0 Å². The fraction of sp³-hybridized carbons (Fsp3) is 0.429. The molecule has 2 aromatic rings. The Kier molecular flexibility index (Phi) is 1.93. The summed E-state index contributed by atoms with van der Waals surface area (Å²) < 4.78 is 2.41. The van der Waals surface area contributed by atoms with E-state index in [1.807, 2.05) is 0 Å². The predicted molar refractivity (Wildman–Crippen MR) is 67.5 cm³/mol. The van der Waals surface area contributed by atoms with Crippen molar-refractivity contribution in [2.75, 3.05) is 0 Å². The van der Waals surface area contributed by atoms with Crippen LogP contribution in [0, 0.1) is 0 Å². The second kappa shape index (κ2) is 3.11. The first-order valence-corrected chi connectivity index (χ1v) is 5.98. The highest BCUT2D eigenvalue weighted by molar-refractivity contribution is 5.85. The molecule has 2 heteroatoms. The molecule has 84 valence electrons. The van der Waals surface area contributed by atoms with Gasteiger partial charge in [-0.1, -0.05) is 18.2 Å². The van der Waals surface area contributed by atoms with Crippen LogP contribution in [0.4, 0.5) is 0 Å². The zero-order valence-electron chi connectivity index (χ0n) is 9.96. The number of hydrogen-bond donors (Lipinski definition) is 1. The number of nitrogens with two attached hydrogens (primary N) is 1. The third-order valence-electron chi connectivity index (χ3n) is 3.49. The van der Waals surface area contributed by atoms with Gasteiger partial charge in [-0.2, -0.15) is 0 Å². The lowest BCUT2D eigenvalue weighted by Crippen LogP contribution is -2.32. The molecule has 1 aliphatic rings. The lowest BCUT2D eigenvalue weighted by Gasteiger charge is -2.24. The van der Waals surface area contributed by atoms with Crippen LogP contribution in [0.2, 0.25) is 0 Å². The fourth-order valence-corrected chi connectivity index (χ4v) is 2.80. The van der Waals surface area contributed by atoms with E-state index in [4.69, 9.17) is 5.73 Å². The molecule has 0 bridgehead atoms. The zero-order valence-corrected chi connectivity index (χ0v) is 9.96. The first-order valence-electron chi connectivity index (χ1n) is 5.98. The summed E-state index contributed by atoms with van der Waals surface area (Å²) in [7, 11) is 0. The van der Waals surface area contributed by atoms with E-state index in [0.29, 0.717) is 0 Å². The molecule has 3 rings (SSSR count). The van der Waals surface area contributed by atoms with Gasteiger partial charge in [0.2, 0.25) is 0 Å². The quantitative estimate of drug-likeness (QED) is 0.777. The lowest BCUT2D eigenvalue weighted by molar-refractivity contribution is 0.485. The third kappa shape index (κ3) is 1.30. The van der Waals surface area contributed by atoms with Gasteiger partial charge in [-0.25, -0.2) is 0 Å². The first-order chi connectivity index (χ1) is 7.57. The molecule has 1 aromatic carbocycles. The summed E-state index contributed by atoms with van der Waals surface area (Å²) in [5, 5.41) is 1.34. The summed E-state index contributed by atoms with van der Waals surface area (Å²) in [6.07, 6.45) is 2.43. The van der Waals surface area contributed by atoms with E-state index < -0.39 is 0 Å². The molecule has 2 heterocycles. The molecule has 0 aliphatic carbocycles. The second-order valence-corrected chi connectivity index (χ2v) is 5.36. The fourth-order valence-electron chi connectivity index (χ4n) is 2.80. The summed E-state index contributed by atoms with van der Waals surface area (Å²) in [5.41, 5.74) is 10.1. The summed E-state index contributed by atoms with van der Waals surface area (Å²) in [6.45, 7) is 5.27. The molecule has 16 heavy (non-hydrogen) atoms. The Morgan fingerprint density at radius 2 is 2.12 bits per heavy atom. The van der Waals surface area contributed by atoms with Crippen LogP contribution < -0.4 is 5.73 Å². The Morgan fingerprint density at radius 3 is 2.88 bits per heavy atom. The highest BCUT2D eigenvalue weighted by Crippen LogP contribution is 2.32. The SMILES string of the molecule is CC(C)(N)c1cc2cccc3c2n1CCC3. The standard InChI is InChI=1S/C14H18N2/c1-14(2,15)12-9-11-6-3-5-10-7-4-8-16(12)13(10)11/h3,5-6,9H,4,7-8,15H2,1-2H3. The number of nitrogens with zero attached hydrogens (tertiary/aromatic N) is 1. The second-order valence-electron chi connectivity index (χ2n) is 5.36. The van der Waals surface area contributed by atoms with Crippen molar-refractivity contribution in [3.05, 3.63) is 35.5 Å². The molecule has 1 aromatic heterocycles. The van der Waals surface area contributed by atoms with Gasteiger partial charge in [0.1, 0.15) is 0 Å². The largest absolute Gasteiger partial charge is 0.343 e. The van der Waals surface area contributed by atoms with E-state index in [9.17, 15) is 0 Å². The summed E-state index contributed by atoms with van der Waals surface area (Å²) >= 11 is 0. The summed E-state index contributed by atoms with van der Waals surface area (Å²) in [4.78, 5) is 0.